The fraction of sp³-hybridized carbons (Fsp3) is 0.500. The van der Waals surface area contributed by atoms with E-state index in [9.17, 15) is 24.0 Å². The number of carbonyl (C=O) groups is 5. The van der Waals surface area contributed by atoms with Crippen molar-refractivity contribution in [2.75, 3.05) is 5.75 Å². The largest absolute Gasteiger partial charge is 0.458 e. The number of benzene rings is 2. The summed E-state index contributed by atoms with van der Waals surface area (Å²) >= 11 is 1.03. The van der Waals surface area contributed by atoms with Gasteiger partial charge in [-0.25, -0.2) is 9.59 Å². The lowest BCUT2D eigenvalue weighted by atomic mass is 10.0. The molecule has 0 aromatic heterocycles. The Hall–Kier alpha value is -4.10. The van der Waals surface area contributed by atoms with Gasteiger partial charge in [0.2, 0.25) is 17.7 Å². The summed E-state index contributed by atoms with van der Waals surface area (Å²) in [6.45, 7) is 13.7. The van der Waals surface area contributed by atoms with Crippen molar-refractivity contribution < 1.29 is 37.6 Å². The van der Waals surface area contributed by atoms with Crippen LogP contribution in [0.2, 0.25) is 0 Å². The molecule has 0 fully saturated rings. The van der Waals surface area contributed by atoms with Crippen molar-refractivity contribution in [3.63, 3.8) is 0 Å². The van der Waals surface area contributed by atoms with Gasteiger partial charge >= 0.3 is 12.1 Å². The van der Waals surface area contributed by atoms with E-state index in [1.54, 1.807) is 57.2 Å². The van der Waals surface area contributed by atoms with Crippen molar-refractivity contribution in [3.8, 4) is 0 Å². The highest BCUT2D eigenvalue weighted by molar-refractivity contribution is 7.94. The smallest absolute Gasteiger partial charge is 0.408 e. The molecule has 0 spiro atoms. The van der Waals surface area contributed by atoms with E-state index in [0.29, 0.717) is 0 Å². The molecule has 4 atom stereocenters. The lowest BCUT2D eigenvalue weighted by Gasteiger charge is -2.27. The topological polar surface area (TPSA) is 161 Å². The standard InChI is InChI=1S/C34H48N4O8S/c1-22(35-28(39)23(2)36-32(43)44-20-25-17-13-10-14-18-25)29(40)37-26(19-24-15-11-9-12-16-24)30(41)38-27(21-47-46-34(6,7)8)31(42)45-33(3,4)5/h9-18,22-23,26-27H,19-21H2,1-8H3,(H,35,39)(H,36,43)(H,37,40)(H,38,41)/t22-,23-,26-,27-/m0/s1. The minimum Gasteiger partial charge on any atom is -0.458 e. The minimum atomic E-state index is -1.11. The number of ether oxygens (including phenoxy) is 2. The highest BCUT2D eigenvalue weighted by Crippen LogP contribution is 2.19. The Bertz CT molecular complexity index is 1330. The lowest BCUT2D eigenvalue weighted by Crippen LogP contribution is -2.57. The second kappa shape index (κ2) is 18.3. The normalized spacial score (nSPS) is 14.0. The fourth-order valence-corrected chi connectivity index (χ4v) is 4.64. The minimum absolute atomic E-state index is 0.0295. The van der Waals surface area contributed by atoms with Crippen LogP contribution in [0.25, 0.3) is 0 Å². The highest BCUT2D eigenvalue weighted by atomic mass is 32.2. The molecule has 258 valence electrons. The van der Waals surface area contributed by atoms with E-state index in [0.717, 1.165) is 23.2 Å². The van der Waals surface area contributed by atoms with Gasteiger partial charge in [-0.05, 0) is 78.6 Å². The molecule has 0 saturated heterocycles. The van der Waals surface area contributed by atoms with E-state index in [-0.39, 0.29) is 18.8 Å². The molecule has 0 aliphatic heterocycles. The van der Waals surface area contributed by atoms with Crippen LogP contribution >= 0.6 is 12.0 Å². The number of nitrogens with one attached hydrogen (secondary N) is 4. The Morgan fingerprint density at radius 1 is 0.660 bits per heavy atom. The quantitative estimate of drug-likeness (QED) is 0.163. The van der Waals surface area contributed by atoms with Crippen LogP contribution in [-0.4, -0.2) is 70.9 Å². The van der Waals surface area contributed by atoms with Gasteiger partial charge in [-0.3, -0.25) is 14.4 Å². The third-order valence-corrected chi connectivity index (χ3v) is 7.25. The number of alkyl carbamates (subject to hydrolysis) is 1. The Balaban J connectivity index is 2.08. The molecule has 0 aliphatic rings. The zero-order valence-corrected chi connectivity index (χ0v) is 29.2. The number of carbonyl (C=O) groups excluding carboxylic acids is 5. The van der Waals surface area contributed by atoms with E-state index >= 15 is 0 Å². The van der Waals surface area contributed by atoms with Crippen molar-refractivity contribution in [2.24, 2.45) is 0 Å². The number of amides is 4. The van der Waals surface area contributed by atoms with Crippen LogP contribution in [-0.2, 0) is 45.9 Å². The fourth-order valence-electron chi connectivity index (χ4n) is 3.86. The van der Waals surface area contributed by atoms with Crippen molar-refractivity contribution in [2.45, 2.75) is 104 Å². The molecule has 4 amide bonds. The molecular weight excluding hydrogens is 624 g/mol. The van der Waals surface area contributed by atoms with E-state index in [1.165, 1.54) is 13.8 Å². The van der Waals surface area contributed by atoms with Gasteiger partial charge in [0.25, 0.3) is 0 Å². The summed E-state index contributed by atoms with van der Waals surface area (Å²) in [5.74, 6) is -2.48. The van der Waals surface area contributed by atoms with Gasteiger partial charge in [0.1, 0.15) is 36.4 Å². The van der Waals surface area contributed by atoms with Gasteiger partial charge in [-0.2, -0.15) is 0 Å². The molecule has 2 rings (SSSR count). The molecule has 0 saturated carbocycles. The average Bonchev–Trinajstić information content (AvgIpc) is 2.98. The predicted molar refractivity (Wildman–Crippen MR) is 180 cm³/mol. The molecular formula is C34H48N4O8S. The molecule has 0 bridgehead atoms. The van der Waals surface area contributed by atoms with Crippen LogP contribution in [0.3, 0.4) is 0 Å². The second-order valence-electron chi connectivity index (χ2n) is 13.0. The van der Waals surface area contributed by atoms with Gasteiger partial charge in [0.05, 0.1) is 11.4 Å². The van der Waals surface area contributed by atoms with Crippen LogP contribution in [0.15, 0.2) is 60.7 Å². The van der Waals surface area contributed by atoms with Gasteiger partial charge in [0, 0.05) is 6.42 Å². The summed E-state index contributed by atoms with van der Waals surface area (Å²) < 4.78 is 16.4. The summed E-state index contributed by atoms with van der Waals surface area (Å²) in [6, 6.07) is 13.8. The molecule has 0 radical (unpaired) electrons. The van der Waals surface area contributed by atoms with Crippen LogP contribution in [0, 0.1) is 0 Å². The van der Waals surface area contributed by atoms with Crippen LogP contribution in [0.1, 0.15) is 66.5 Å². The third-order valence-electron chi connectivity index (χ3n) is 6.16. The van der Waals surface area contributed by atoms with Crippen LogP contribution in [0.4, 0.5) is 4.79 Å². The molecule has 0 heterocycles. The van der Waals surface area contributed by atoms with Gasteiger partial charge < -0.3 is 34.9 Å². The number of hydrogen-bond acceptors (Lipinski definition) is 9. The Morgan fingerprint density at radius 3 is 1.72 bits per heavy atom. The van der Waals surface area contributed by atoms with Gasteiger partial charge in [0.15, 0.2) is 0 Å². The van der Waals surface area contributed by atoms with Crippen molar-refractivity contribution in [1.29, 1.82) is 0 Å². The molecule has 2 aromatic carbocycles. The first-order valence-corrected chi connectivity index (χ1v) is 16.3. The van der Waals surface area contributed by atoms with Crippen molar-refractivity contribution in [3.05, 3.63) is 71.8 Å². The van der Waals surface area contributed by atoms with E-state index < -0.39 is 65.2 Å². The Labute approximate surface area is 281 Å². The monoisotopic (exact) mass is 672 g/mol. The zero-order valence-electron chi connectivity index (χ0n) is 28.4. The third kappa shape index (κ3) is 15.8. The molecule has 13 heteroatoms. The van der Waals surface area contributed by atoms with Crippen molar-refractivity contribution >= 4 is 41.8 Å². The lowest BCUT2D eigenvalue weighted by molar-refractivity contribution is -0.158. The maximum absolute atomic E-state index is 13.6. The summed E-state index contributed by atoms with van der Waals surface area (Å²) in [5, 5.41) is 10.4. The molecule has 12 nitrogen and oxygen atoms in total. The van der Waals surface area contributed by atoms with Crippen LogP contribution < -0.4 is 21.3 Å². The molecule has 4 N–H and O–H groups in total. The summed E-state index contributed by atoms with van der Waals surface area (Å²) in [7, 11) is 0. The summed E-state index contributed by atoms with van der Waals surface area (Å²) in [4.78, 5) is 64.9. The maximum Gasteiger partial charge on any atom is 0.408 e. The van der Waals surface area contributed by atoms with E-state index in [4.69, 9.17) is 13.7 Å². The molecule has 47 heavy (non-hydrogen) atoms. The summed E-state index contributed by atoms with van der Waals surface area (Å²) in [5.41, 5.74) is 0.253. The number of esters is 1. The van der Waals surface area contributed by atoms with Crippen LogP contribution in [0.5, 0.6) is 0 Å². The second-order valence-corrected chi connectivity index (χ2v) is 13.7. The first-order chi connectivity index (χ1) is 21.9. The Morgan fingerprint density at radius 2 is 1.17 bits per heavy atom. The molecule has 0 aliphatic carbocycles. The van der Waals surface area contributed by atoms with E-state index in [2.05, 4.69) is 21.3 Å². The SMILES string of the molecule is C[C@H](NC(=O)OCc1ccccc1)C(=O)N[C@@H](C)C(=O)N[C@@H](Cc1ccccc1)C(=O)N[C@@H](CSOC(C)(C)C)C(=O)OC(C)(C)C. The van der Waals surface area contributed by atoms with Crippen molar-refractivity contribution in [1.82, 2.24) is 21.3 Å². The Kier molecular flexibility index (Phi) is 15.2. The summed E-state index contributed by atoms with van der Waals surface area (Å²) in [6.07, 6.45) is -0.685. The van der Waals surface area contributed by atoms with E-state index in [1.807, 2.05) is 45.0 Å². The zero-order chi connectivity index (χ0) is 35.2. The van der Waals surface area contributed by atoms with Gasteiger partial charge in [-0.15, -0.1) is 0 Å². The molecule has 0 unspecified atom stereocenters. The number of rotatable bonds is 15. The first kappa shape index (κ1) is 39.1. The molecule has 2 aromatic rings. The average molecular weight is 673 g/mol. The maximum atomic E-state index is 13.6. The number of hydrogen-bond donors (Lipinski definition) is 4. The predicted octanol–water partition coefficient (Wildman–Crippen LogP) is 3.82. The van der Waals surface area contributed by atoms with Gasteiger partial charge in [-0.1, -0.05) is 60.7 Å². The highest BCUT2D eigenvalue weighted by Gasteiger charge is 2.32. The first-order valence-electron chi connectivity index (χ1n) is 15.4.